The molecule has 1 atom stereocenters. The quantitative estimate of drug-likeness (QED) is 0.429. The number of fused-ring (bicyclic) bond motifs is 1. The van der Waals surface area contributed by atoms with Gasteiger partial charge in [0.2, 0.25) is 0 Å². The molecule has 8 nitrogen and oxygen atoms in total. The zero-order chi connectivity index (χ0) is 24.1. The van der Waals surface area contributed by atoms with Crippen molar-refractivity contribution < 1.29 is 17.9 Å². The van der Waals surface area contributed by atoms with Gasteiger partial charge in [-0.25, -0.2) is 23.1 Å². The van der Waals surface area contributed by atoms with Gasteiger partial charge in [-0.3, -0.25) is 14.0 Å². The molecule has 4 heterocycles. The van der Waals surface area contributed by atoms with E-state index in [4.69, 9.17) is 4.74 Å². The summed E-state index contributed by atoms with van der Waals surface area (Å²) in [5, 5.41) is 4.38. The van der Waals surface area contributed by atoms with Crippen LogP contribution in [0.3, 0.4) is 0 Å². The van der Waals surface area contributed by atoms with E-state index in [1.54, 1.807) is 30.9 Å². The Morgan fingerprint density at radius 2 is 1.82 bits per heavy atom. The molecular weight excluding hydrogens is 449 g/mol. The maximum Gasteiger partial charge on any atom is 0.261 e. The first kappa shape index (κ1) is 22.1. The number of nitrogens with zero attached hydrogens (tertiary/aromatic N) is 6. The summed E-state index contributed by atoms with van der Waals surface area (Å²) in [7, 11) is 3.39. The summed E-state index contributed by atoms with van der Waals surface area (Å²) in [4.78, 5) is 24.0. The lowest BCUT2D eigenvalue weighted by molar-refractivity contribution is 0.0395. The third kappa shape index (κ3) is 3.71. The van der Waals surface area contributed by atoms with Crippen molar-refractivity contribution in [3.8, 4) is 11.3 Å². The molecule has 1 fully saturated rings. The minimum Gasteiger partial charge on any atom is -0.370 e. The number of morpholine rings is 1. The Kier molecular flexibility index (Phi) is 5.35. The molecule has 3 aromatic heterocycles. The number of aromatic nitrogens is 5. The lowest BCUT2D eigenvalue weighted by Gasteiger charge is -2.33. The fourth-order valence-corrected chi connectivity index (χ4v) is 4.08. The monoisotopic (exact) mass is 470 g/mol. The van der Waals surface area contributed by atoms with Crippen LogP contribution in [0.1, 0.15) is 17.5 Å². The lowest BCUT2D eigenvalue weighted by atomic mass is 10.1. The predicted molar refractivity (Wildman–Crippen MR) is 119 cm³/mol. The van der Waals surface area contributed by atoms with E-state index in [-0.39, 0.29) is 33.8 Å². The summed E-state index contributed by atoms with van der Waals surface area (Å²) in [6, 6.07) is 2.80. The van der Waals surface area contributed by atoms with Crippen LogP contribution in [0.5, 0.6) is 0 Å². The number of pyridine rings is 1. The first-order valence-electron chi connectivity index (χ1n) is 10.6. The standard InChI is InChI=1S/C23H21F3N6O2/c1-12-28-22-15(23(33)31(12)3)7-20(29-21(22)14-6-17(25)18(26)8-16(14)24)32-4-5-34-19(11-32)13-9-27-30(2)10-13/h6-10,19H,4-5,11H2,1-3H3/t19-/m0/s1. The summed E-state index contributed by atoms with van der Waals surface area (Å²) in [6.07, 6.45) is 3.28. The van der Waals surface area contributed by atoms with Crippen LogP contribution in [-0.2, 0) is 18.8 Å². The molecule has 0 bridgehead atoms. The van der Waals surface area contributed by atoms with Crippen LogP contribution in [0, 0.1) is 24.4 Å². The second-order valence-electron chi connectivity index (χ2n) is 8.25. The zero-order valence-electron chi connectivity index (χ0n) is 18.7. The molecule has 11 heteroatoms. The van der Waals surface area contributed by atoms with Gasteiger partial charge in [-0.05, 0) is 19.1 Å². The van der Waals surface area contributed by atoms with Gasteiger partial charge in [0.25, 0.3) is 5.56 Å². The SMILES string of the molecule is Cc1nc2c(-c3cc(F)c(F)cc3F)nc(N3CCO[C@H](c4cnn(C)c4)C3)cc2c(=O)n1C. The largest absolute Gasteiger partial charge is 0.370 e. The van der Waals surface area contributed by atoms with Gasteiger partial charge in [0.1, 0.15) is 34.8 Å². The first-order chi connectivity index (χ1) is 16.2. The highest BCUT2D eigenvalue weighted by atomic mass is 19.2. The maximum atomic E-state index is 14.8. The van der Waals surface area contributed by atoms with Crippen LogP contribution in [0.4, 0.5) is 19.0 Å². The van der Waals surface area contributed by atoms with E-state index in [1.165, 1.54) is 4.57 Å². The number of benzene rings is 1. The Morgan fingerprint density at radius 3 is 2.56 bits per heavy atom. The Hall–Kier alpha value is -3.73. The molecule has 176 valence electrons. The molecule has 1 aromatic carbocycles. The third-order valence-corrected chi connectivity index (χ3v) is 6.03. The molecule has 0 saturated carbocycles. The highest BCUT2D eigenvalue weighted by molar-refractivity contribution is 5.93. The van der Waals surface area contributed by atoms with Gasteiger partial charge in [0.05, 0.1) is 18.2 Å². The lowest BCUT2D eigenvalue weighted by Crippen LogP contribution is -2.39. The maximum absolute atomic E-state index is 14.8. The highest BCUT2D eigenvalue weighted by Gasteiger charge is 2.26. The number of halogens is 3. The molecule has 0 spiro atoms. The Balaban J connectivity index is 1.69. The first-order valence-corrected chi connectivity index (χ1v) is 10.6. The number of hydrogen-bond acceptors (Lipinski definition) is 6. The summed E-state index contributed by atoms with van der Waals surface area (Å²) in [5.41, 5.74) is 0.337. The van der Waals surface area contributed by atoms with E-state index in [0.29, 0.717) is 37.4 Å². The van der Waals surface area contributed by atoms with Crippen molar-refractivity contribution >= 4 is 16.7 Å². The summed E-state index contributed by atoms with van der Waals surface area (Å²) >= 11 is 0. The average molecular weight is 470 g/mol. The van der Waals surface area contributed by atoms with E-state index in [1.807, 2.05) is 18.1 Å². The van der Waals surface area contributed by atoms with Crippen LogP contribution < -0.4 is 10.5 Å². The molecule has 0 N–H and O–H groups in total. The fraction of sp³-hybridized carbons (Fsp3) is 0.304. The minimum absolute atomic E-state index is 0.0332. The highest BCUT2D eigenvalue weighted by Crippen LogP contribution is 2.33. The van der Waals surface area contributed by atoms with Crippen LogP contribution in [0.15, 0.2) is 35.4 Å². The molecule has 34 heavy (non-hydrogen) atoms. The van der Waals surface area contributed by atoms with Gasteiger partial charge in [-0.1, -0.05) is 0 Å². The van der Waals surface area contributed by atoms with E-state index in [9.17, 15) is 18.0 Å². The number of hydrogen-bond donors (Lipinski definition) is 0. The molecule has 5 rings (SSSR count). The molecule has 1 aliphatic rings. The topological polar surface area (TPSA) is 78.1 Å². The van der Waals surface area contributed by atoms with Gasteiger partial charge in [0, 0.05) is 50.6 Å². The molecular formula is C23H21F3N6O2. The van der Waals surface area contributed by atoms with Crippen molar-refractivity contribution in [2.75, 3.05) is 24.6 Å². The normalized spacial score (nSPS) is 16.4. The number of ether oxygens (including phenoxy) is 1. The summed E-state index contributed by atoms with van der Waals surface area (Å²) in [6.45, 7) is 2.89. The van der Waals surface area contributed by atoms with Gasteiger partial charge in [-0.15, -0.1) is 0 Å². The van der Waals surface area contributed by atoms with Crippen molar-refractivity contribution in [1.82, 2.24) is 24.3 Å². The van der Waals surface area contributed by atoms with E-state index >= 15 is 0 Å². The van der Waals surface area contributed by atoms with E-state index < -0.39 is 17.5 Å². The van der Waals surface area contributed by atoms with Crippen molar-refractivity contribution in [3.63, 3.8) is 0 Å². The number of aryl methyl sites for hydroxylation is 2. The van der Waals surface area contributed by atoms with Crippen molar-refractivity contribution in [2.45, 2.75) is 13.0 Å². The summed E-state index contributed by atoms with van der Waals surface area (Å²) < 4.78 is 51.4. The Bertz CT molecular complexity index is 1480. The van der Waals surface area contributed by atoms with Crippen molar-refractivity contribution in [1.29, 1.82) is 0 Å². The Morgan fingerprint density at radius 1 is 1.06 bits per heavy atom. The van der Waals surface area contributed by atoms with Crippen LogP contribution in [-0.4, -0.2) is 44.0 Å². The molecule has 1 saturated heterocycles. The molecule has 0 radical (unpaired) electrons. The van der Waals surface area contributed by atoms with E-state index in [2.05, 4.69) is 15.1 Å². The van der Waals surface area contributed by atoms with Crippen molar-refractivity contribution in [2.24, 2.45) is 14.1 Å². The average Bonchev–Trinajstić information content (AvgIpc) is 3.26. The van der Waals surface area contributed by atoms with Crippen molar-refractivity contribution in [3.05, 3.63) is 69.8 Å². The summed E-state index contributed by atoms with van der Waals surface area (Å²) in [5.74, 6) is -2.78. The number of anilines is 1. The molecule has 0 amide bonds. The van der Waals surface area contributed by atoms with Crippen LogP contribution in [0.25, 0.3) is 22.2 Å². The predicted octanol–water partition coefficient (Wildman–Crippen LogP) is 3.03. The second kappa shape index (κ2) is 8.24. The second-order valence-corrected chi connectivity index (χ2v) is 8.25. The number of rotatable bonds is 3. The van der Waals surface area contributed by atoms with Gasteiger partial charge >= 0.3 is 0 Å². The zero-order valence-corrected chi connectivity index (χ0v) is 18.7. The molecule has 1 aliphatic heterocycles. The van der Waals surface area contributed by atoms with Gasteiger partial charge in [0.15, 0.2) is 11.6 Å². The minimum atomic E-state index is -1.31. The van der Waals surface area contributed by atoms with Gasteiger partial charge in [-0.2, -0.15) is 5.10 Å². The van der Waals surface area contributed by atoms with Crippen LogP contribution >= 0.6 is 0 Å². The van der Waals surface area contributed by atoms with Gasteiger partial charge < -0.3 is 9.64 Å². The molecule has 0 unspecified atom stereocenters. The molecule has 4 aromatic rings. The Labute approximate surface area is 192 Å². The smallest absolute Gasteiger partial charge is 0.261 e. The third-order valence-electron chi connectivity index (χ3n) is 6.03. The van der Waals surface area contributed by atoms with E-state index in [0.717, 1.165) is 11.6 Å². The molecule has 0 aliphatic carbocycles. The van der Waals surface area contributed by atoms with Crippen LogP contribution in [0.2, 0.25) is 0 Å². The fourth-order valence-electron chi connectivity index (χ4n) is 4.08.